The molecule has 3 aromatic rings. The average molecular weight is 385 g/mol. The standard InChI is InChI=1S/C20H17ClN2O4/c1-11-2-4-12(5-3-11)8-17(20(26)27)23-18-15(19(24)25)10-13-9-14(21)6-7-16(13)22-18/h2-7,9-10,17H,8H2,1H3,(H,22,23)(H,24,25)(H,26,27). The Labute approximate surface area is 160 Å². The number of carbonyl (C=O) groups is 2. The van der Waals surface area contributed by atoms with Gasteiger partial charge in [-0.3, -0.25) is 0 Å². The lowest BCUT2D eigenvalue weighted by molar-refractivity contribution is -0.137. The molecule has 0 aliphatic rings. The zero-order chi connectivity index (χ0) is 19.6. The van der Waals surface area contributed by atoms with E-state index in [1.165, 1.54) is 6.07 Å². The molecule has 1 unspecified atom stereocenters. The van der Waals surface area contributed by atoms with Crippen LogP contribution in [0.4, 0.5) is 5.82 Å². The molecule has 0 fully saturated rings. The average Bonchev–Trinajstić information content (AvgIpc) is 2.62. The molecule has 7 heteroatoms. The third-order valence-electron chi connectivity index (χ3n) is 4.18. The number of pyridine rings is 1. The van der Waals surface area contributed by atoms with Crippen LogP contribution in [0.25, 0.3) is 10.9 Å². The summed E-state index contributed by atoms with van der Waals surface area (Å²) < 4.78 is 0. The van der Waals surface area contributed by atoms with Crippen molar-refractivity contribution in [2.75, 3.05) is 5.32 Å². The van der Waals surface area contributed by atoms with E-state index in [1.54, 1.807) is 18.2 Å². The number of aromatic carboxylic acids is 1. The summed E-state index contributed by atoms with van der Waals surface area (Å²) in [5.74, 6) is -2.28. The number of aryl methyl sites for hydroxylation is 1. The number of halogens is 1. The Morgan fingerprint density at radius 1 is 1.11 bits per heavy atom. The number of carboxylic acids is 2. The first-order valence-corrected chi connectivity index (χ1v) is 8.60. The number of benzene rings is 2. The summed E-state index contributed by atoms with van der Waals surface area (Å²) in [7, 11) is 0. The fourth-order valence-corrected chi connectivity index (χ4v) is 2.93. The fourth-order valence-electron chi connectivity index (χ4n) is 2.75. The molecule has 3 N–H and O–H groups in total. The highest BCUT2D eigenvalue weighted by Gasteiger charge is 2.22. The van der Waals surface area contributed by atoms with Gasteiger partial charge in [-0.15, -0.1) is 0 Å². The summed E-state index contributed by atoms with van der Waals surface area (Å²) in [6.07, 6.45) is 0.189. The van der Waals surface area contributed by atoms with Crippen molar-refractivity contribution in [3.63, 3.8) is 0 Å². The van der Waals surface area contributed by atoms with Crippen molar-refractivity contribution in [1.82, 2.24) is 4.98 Å². The lowest BCUT2D eigenvalue weighted by atomic mass is 10.0. The first-order valence-electron chi connectivity index (χ1n) is 8.22. The number of nitrogens with one attached hydrogen (secondary N) is 1. The minimum atomic E-state index is -1.20. The van der Waals surface area contributed by atoms with E-state index in [9.17, 15) is 19.8 Å². The van der Waals surface area contributed by atoms with Crippen LogP contribution in [0.1, 0.15) is 21.5 Å². The zero-order valence-corrected chi connectivity index (χ0v) is 15.2. The molecule has 0 amide bonds. The number of fused-ring (bicyclic) bond motifs is 1. The summed E-state index contributed by atoms with van der Waals surface area (Å²) in [5, 5.41) is 22.9. The monoisotopic (exact) mass is 384 g/mol. The number of aliphatic carboxylic acids is 1. The van der Waals surface area contributed by atoms with Crippen molar-refractivity contribution in [1.29, 1.82) is 0 Å². The first-order chi connectivity index (χ1) is 12.8. The summed E-state index contributed by atoms with van der Waals surface area (Å²) in [6, 6.07) is 12.8. The van der Waals surface area contributed by atoms with E-state index in [2.05, 4.69) is 10.3 Å². The zero-order valence-electron chi connectivity index (χ0n) is 14.4. The van der Waals surface area contributed by atoms with Crippen molar-refractivity contribution in [2.45, 2.75) is 19.4 Å². The molecule has 0 saturated carbocycles. The van der Waals surface area contributed by atoms with E-state index in [0.29, 0.717) is 15.9 Å². The molecule has 1 aromatic heterocycles. The number of hydrogen-bond acceptors (Lipinski definition) is 4. The van der Waals surface area contributed by atoms with E-state index in [0.717, 1.165) is 11.1 Å². The smallest absolute Gasteiger partial charge is 0.339 e. The molecule has 0 spiro atoms. The molecule has 3 rings (SSSR count). The predicted molar refractivity (Wildman–Crippen MR) is 104 cm³/mol. The van der Waals surface area contributed by atoms with Crippen LogP contribution in [0, 0.1) is 6.92 Å². The highest BCUT2D eigenvalue weighted by molar-refractivity contribution is 6.31. The molecule has 0 aliphatic heterocycles. The normalized spacial score (nSPS) is 11.9. The second-order valence-corrected chi connectivity index (χ2v) is 6.69. The van der Waals surface area contributed by atoms with Crippen LogP contribution in [0.3, 0.4) is 0 Å². The summed E-state index contributed by atoms with van der Waals surface area (Å²) in [6.45, 7) is 1.95. The largest absolute Gasteiger partial charge is 0.480 e. The number of hydrogen-bond donors (Lipinski definition) is 3. The molecule has 0 bridgehead atoms. The molecule has 2 aromatic carbocycles. The van der Waals surface area contributed by atoms with Gasteiger partial charge in [-0.25, -0.2) is 14.6 Å². The van der Waals surface area contributed by atoms with E-state index in [4.69, 9.17) is 11.6 Å². The van der Waals surface area contributed by atoms with Gasteiger partial charge in [0, 0.05) is 16.8 Å². The molecule has 0 aliphatic carbocycles. The third-order valence-corrected chi connectivity index (χ3v) is 4.41. The van der Waals surface area contributed by atoms with Crippen LogP contribution in [-0.4, -0.2) is 33.2 Å². The lowest BCUT2D eigenvalue weighted by Crippen LogP contribution is -2.32. The highest BCUT2D eigenvalue weighted by Crippen LogP contribution is 2.24. The Balaban J connectivity index is 1.97. The second-order valence-electron chi connectivity index (χ2n) is 6.25. The van der Waals surface area contributed by atoms with E-state index < -0.39 is 18.0 Å². The van der Waals surface area contributed by atoms with E-state index in [-0.39, 0.29) is 17.8 Å². The molecular formula is C20H17ClN2O4. The SMILES string of the molecule is Cc1ccc(CC(Nc2nc3ccc(Cl)cc3cc2C(=O)O)C(=O)O)cc1. The fraction of sp³-hybridized carbons (Fsp3) is 0.150. The van der Waals surface area contributed by atoms with Gasteiger partial charge in [0.15, 0.2) is 0 Å². The number of anilines is 1. The van der Waals surface area contributed by atoms with Gasteiger partial charge >= 0.3 is 11.9 Å². The summed E-state index contributed by atoms with van der Waals surface area (Å²) in [4.78, 5) is 27.6. The third kappa shape index (κ3) is 4.35. The maximum Gasteiger partial charge on any atom is 0.339 e. The van der Waals surface area contributed by atoms with E-state index >= 15 is 0 Å². The Morgan fingerprint density at radius 3 is 2.44 bits per heavy atom. The molecule has 6 nitrogen and oxygen atoms in total. The van der Waals surface area contributed by atoms with Crippen molar-refractivity contribution in [3.05, 3.63) is 70.2 Å². The van der Waals surface area contributed by atoms with Gasteiger partial charge in [-0.1, -0.05) is 41.4 Å². The number of carboxylic acid groups (broad SMARTS) is 2. The molecule has 0 radical (unpaired) electrons. The molecule has 27 heavy (non-hydrogen) atoms. The second kappa shape index (κ2) is 7.63. The van der Waals surface area contributed by atoms with Crippen molar-refractivity contribution >= 4 is 40.3 Å². The van der Waals surface area contributed by atoms with Gasteiger partial charge in [0.05, 0.1) is 5.52 Å². The van der Waals surface area contributed by atoms with Crippen molar-refractivity contribution in [2.24, 2.45) is 0 Å². The van der Waals surface area contributed by atoms with Gasteiger partial charge in [0.2, 0.25) is 0 Å². The van der Waals surface area contributed by atoms with Crippen LogP contribution in [0.15, 0.2) is 48.5 Å². The maximum atomic E-state index is 11.7. The quantitative estimate of drug-likeness (QED) is 0.594. The summed E-state index contributed by atoms with van der Waals surface area (Å²) in [5.41, 5.74) is 2.30. The topological polar surface area (TPSA) is 99.5 Å². The van der Waals surface area contributed by atoms with Crippen molar-refractivity contribution < 1.29 is 19.8 Å². The number of rotatable bonds is 6. The van der Waals surface area contributed by atoms with Gasteiger partial charge in [-0.05, 0) is 36.8 Å². The van der Waals surface area contributed by atoms with Gasteiger partial charge < -0.3 is 15.5 Å². The Kier molecular flexibility index (Phi) is 5.28. The minimum Gasteiger partial charge on any atom is -0.480 e. The molecule has 138 valence electrons. The highest BCUT2D eigenvalue weighted by atomic mass is 35.5. The molecular weight excluding hydrogens is 368 g/mol. The number of nitrogens with zero attached hydrogens (tertiary/aromatic N) is 1. The van der Waals surface area contributed by atoms with Gasteiger partial charge in [-0.2, -0.15) is 0 Å². The van der Waals surface area contributed by atoms with Crippen molar-refractivity contribution in [3.8, 4) is 0 Å². The molecule has 1 heterocycles. The minimum absolute atomic E-state index is 0.0110. The molecule has 0 saturated heterocycles. The van der Waals surface area contributed by atoms with Gasteiger partial charge in [0.25, 0.3) is 0 Å². The van der Waals surface area contributed by atoms with Crippen LogP contribution in [0.2, 0.25) is 5.02 Å². The van der Waals surface area contributed by atoms with Crippen LogP contribution in [0.5, 0.6) is 0 Å². The Hall–Kier alpha value is -3.12. The van der Waals surface area contributed by atoms with Crippen LogP contribution < -0.4 is 5.32 Å². The lowest BCUT2D eigenvalue weighted by Gasteiger charge is -2.17. The maximum absolute atomic E-state index is 11.7. The Bertz CT molecular complexity index is 1020. The Morgan fingerprint density at radius 2 is 1.81 bits per heavy atom. The first kappa shape index (κ1) is 18.7. The number of aromatic nitrogens is 1. The summed E-state index contributed by atoms with van der Waals surface area (Å²) >= 11 is 5.95. The van der Waals surface area contributed by atoms with Crippen LogP contribution >= 0.6 is 11.6 Å². The van der Waals surface area contributed by atoms with Crippen LogP contribution in [-0.2, 0) is 11.2 Å². The molecule has 1 atom stereocenters. The van der Waals surface area contributed by atoms with E-state index in [1.807, 2.05) is 31.2 Å². The van der Waals surface area contributed by atoms with Gasteiger partial charge in [0.1, 0.15) is 17.4 Å². The predicted octanol–water partition coefficient (Wildman–Crippen LogP) is 4.00.